The number of halogens is 1. The molecule has 0 aliphatic rings. The van der Waals surface area contributed by atoms with Crippen molar-refractivity contribution in [3.05, 3.63) is 35.9 Å². The fraction of sp³-hybridized carbons (Fsp3) is 0.429. The summed E-state index contributed by atoms with van der Waals surface area (Å²) in [5.41, 5.74) is 5.65. The van der Waals surface area contributed by atoms with Crippen molar-refractivity contribution in [3.63, 3.8) is 0 Å². The van der Waals surface area contributed by atoms with E-state index in [-0.39, 0.29) is 5.82 Å². The van der Waals surface area contributed by atoms with Crippen molar-refractivity contribution in [2.24, 2.45) is 5.73 Å². The zero-order valence-corrected chi connectivity index (χ0v) is 12.8. The number of nitrogens with zero attached hydrogens (tertiary/aromatic N) is 3. The summed E-state index contributed by atoms with van der Waals surface area (Å²) in [7, 11) is 0. The van der Waals surface area contributed by atoms with Crippen LogP contribution in [0.25, 0.3) is 0 Å². The van der Waals surface area contributed by atoms with Crippen LogP contribution in [-0.4, -0.2) is 27.1 Å². The van der Waals surface area contributed by atoms with E-state index in [1.54, 1.807) is 23.9 Å². The third-order valence-electron chi connectivity index (χ3n) is 2.82. The lowest BCUT2D eigenvalue weighted by Crippen LogP contribution is -2.09. The van der Waals surface area contributed by atoms with Crippen LogP contribution in [0.1, 0.15) is 19.2 Å². The third-order valence-corrected chi connectivity index (χ3v) is 3.75. The first-order chi connectivity index (χ1) is 10.2. The molecule has 1 aromatic heterocycles. The van der Waals surface area contributed by atoms with Gasteiger partial charge < -0.3 is 15.0 Å². The second-order valence-corrected chi connectivity index (χ2v) is 5.47. The minimum absolute atomic E-state index is 0.265. The molecule has 7 heteroatoms. The average molecular weight is 310 g/mol. The van der Waals surface area contributed by atoms with Crippen LogP contribution in [0.5, 0.6) is 5.75 Å². The fourth-order valence-corrected chi connectivity index (χ4v) is 2.65. The summed E-state index contributed by atoms with van der Waals surface area (Å²) >= 11 is 1.58. The molecule has 0 amide bonds. The number of hydrogen-bond acceptors (Lipinski definition) is 5. The monoisotopic (exact) mass is 310 g/mol. The summed E-state index contributed by atoms with van der Waals surface area (Å²) in [6.07, 6.45) is 1.00. The summed E-state index contributed by atoms with van der Waals surface area (Å²) in [6.45, 7) is 3.87. The summed E-state index contributed by atoms with van der Waals surface area (Å²) in [5.74, 6) is 1.94. The first-order valence-electron chi connectivity index (χ1n) is 6.88. The van der Waals surface area contributed by atoms with Crippen LogP contribution in [-0.2, 0) is 13.1 Å². The number of nitrogens with two attached hydrogens (primary N) is 1. The first-order valence-corrected chi connectivity index (χ1v) is 7.86. The zero-order chi connectivity index (χ0) is 15.1. The molecule has 0 aliphatic carbocycles. The molecule has 2 aromatic rings. The third kappa shape index (κ3) is 4.44. The van der Waals surface area contributed by atoms with E-state index in [1.165, 1.54) is 12.1 Å². The summed E-state index contributed by atoms with van der Waals surface area (Å²) in [6, 6.07) is 6.00. The van der Waals surface area contributed by atoms with Crippen molar-refractivity contribution in [1.82, 2.24) is 14.8 Å². The molecular formula is C14H19FN4OS. The number of thioether (sulfide) groups is 1. The fourth-order valence-electron chi connectivity index (χ4n) is 1.85. The maximum absolute atomic E-state index is 12.8. The molecular weight excluding hydrogens is 291 g/mol. The van der Waals surface area contributed by atoms with Gasteiger partial charge in [0.25, 0.3) is 0 Å². The van der Waals surface area contributed by atoms with Gasteiger partial charge in [0.15, 0.2) is 5.16 Å². The lowest BCUT2D eigenvalue weighted by molar-refractivity contribution is 0.343. The summed E-state index contributed by atoms with van der Waals surface area (Å²) in [5, 5.41) is 9.10. The Morgan fingerprint density at radius 3 is 2.71 bits per heavy atom. The van der Waals surface area contributed by atoms with Crippen molar-refractivity contribution >= 4 is 11.8 Å². The maximum Gasteiger partial charge on any atom is 0.191 e. The molecule has 2 rings (SSSR count). The Morgan fingerprint density at radius 1 is 1.29 bits per heavy atom. The molecule has 0 aliphatic heterocycles. The van der Waals surface area contributed by atoms with Crippen molar-refractivity contribution in [2.45, 2.75) is 31.6 Å². The van der Waals surface area contributed by atoms with Gasteiger partial charge in [0.1, 0.15) is 17.4 Å². The van der Waals surface area contributed by atoms with Gasteiger partial charge in [-0.15, -0.1) is 10.2 Å². The molecule has 5 nitrogen and oxygen atoms in total. The maximum atomic E-state index is 12.8. The van der Waals surface area contributed by atoms with Crippen LogP contribution in [0.15, 0.2) is 29.4 Å². The number of benzene rings is 1. The van der Waals surface area contributed by atoms with Crippen LogP contribution < -0.4 is 10.5 Å². The normalized spacial score (nSPS) is 10.8. The SMILES string of the molecule is CCCn1c(CN)nnc1SCCOc1ccc(F)cc1. The van der Waals surface area contributed by atoms with E-state index >= 15 is 0 Å². The smallest absolute Gasteiger partial charge is 0.191 e. The van der Waals surface area contributed by atoms with Crippen molar-refractivity contribution in [2.75, 3.05) is 12.4 Å². The molecule has 1 aromatic carbocycles. The predicted octanol–water partition coefficient (Wildman–Crippen LogP) is 2.46. The van der Waals surface area contributed by atoms with Gasteiger partial charge in [-0.05, 0) is 30.7 Å². The highest BCUT2D eigenvalue weighted by atomic mass is 32.2. The van der Waals surface area contributed by atoms with E-state index in [9.17, 15) is 4.39 Å². The highest BCUT2D eigenvalue weighted by molar-refractivity contribution is 7.99. The molecule has 0 saturated carbocycles. The molecule has 0 fully saturated rings. The van der Waals surface area contributed by atoms with Gasteiger partial charge in [-0.25, -0.2) is 4.39 Å². The first kappa shape index (κ1) is 15.8. The van der Waals surface area contributed by atoms with Gasteiger partial charge in [0, 0.05) is 12.3 Å². The number of rotatable bonds is 8. The van der Waals surface area contributed by atoms with Crippen molar-refractivity contribution in [3.8, 4) is 5.75 Å². The van der Waals surface area contributed by atoms with Gasteiger partial charge in [-0.2, -0.15) is 0 Å². The molecule has 114 valence electrons. The summed E-state index contributed by atoms with van der Waals surface area (Å²) < 4.78 is 20.4. The van der Waals surface area contributed by atoms with Crippen molar-refractivity contribution < 1.29 is 9.13 Å². The zero-order valence-electron chi connectivity index (χ0n) is 12.0. The average Bonchev–Trinajstić information content (AvgIpc) is 2.88. The van der Waals surface area contributed by atoms with Crippen LogP contribution >= 0.6 is 11.8 Å². The topological polar surface area (TPSA) is 66.0 Å². The molecule has 0 atom stereocenters. The summed E-state index contributed by atoms with van der Waals surface area (Å²) in [4.78, 5) is 0. The quantitative estimate of drug-likeness (QED) is 0.599. The van der Waals surface area contributed by atoms with Gasteiger partial charge >= 0.3 is 0 Å². The van der Waals surface area contributed by atoms with E-state index in [1.807, 2.05) is 4.57 Å². The lowest BCUT2D eigenvalue weighted by atomic mass is 10.3. The standard InChI is InChI=1S/C14H19FN4OS/c1-2-7-19-13(10-16)17-18-14(19)21-9-8-20-12-5-3-11(15)4-6-12/h3-6H,2,7-10,16H2,1H3. The van der Waals surface area contributed by atoms with Crippen LogP contribution in [0.2, 0.25) is 0 Å². The Morgan fingerprint density at radius 2 is 2.05 bits per heavy atom. The second kappa shape index (κ2) is 7.99. The molecule has 0 unspecified atom stereocenters. The van der Waals surface area contributed by atoms with E-state index < -0.39 is 0 Å². The van der Waals surface area contributed by atoms with Gasteiger partial charge in [0.05, 0.1) is 13.2 Å². The van der Waals surface area contributed by atoms with Crippen molar-refractivity contribution in [1.29, 1.82) is 0 Å². The Bertz CT molecular complexity index is 559. The van der Waals surface area contributed by atoms with E-state index in [2.05, 4.69) is 17.1 Å². The van der Waals surface area contributed by atoms with Gasteiger partial charge in [0.2, 0.25) is 0 Å². The van der Waals surface area contributed by atoms with E-state index in [4.69, 9.17) is 10.5 Å². The Hall–Kier alpha value is -1.60. The minimum atomic E-state index is -0.265. The molecule has 2 N–H and O–H groups in total. The lowest BCUT2D eigenvalue weighted by Gasteiger charge is -2.08. The van der Waals surface area contributed by atoms with Gasteiger partial charge in [-0.1, -0.05) is 18.7 Å². The van der Waals surface area contributed by atoms with E-state index in [0.29, 0.717) is 18.9 Å². The Balaban J connectivity index is 1.83. The number of aromatic nitrogens is 3. The van der Waals surface area contributed by atoms with Crippen LogP contribution in [0.3, 0.4) is 0 Å². The second-order valence-electron chi connectivity index (χ2n) is 4.41. The highest BCUT2D eigenvalue weighted by Gasteiger charge is 2.10. The Kier molecular flexibility index (Phi) is 6.01. The predicted molar refractivity (Wildman–Crippen MR) is 80.8 cm³/mol. The molecule has 0 radical (unpaired) electrons. The Labute approximate surface area is 127 Å². The molecule has 0 spiro atoms. The van der Waals surface area contributed by atoms with E-state index in [0.717, 1.165) is 29.7 Å². The van der Waals surface area contributed by atoms with Gasteiger partial charge in [-0.3, -0.25) is 0 Å². The highest BCUT2D eigenvalue weighted by Crippen LogP contribution is 2.18. The molecule has 0 bridgehead atoms. The minimum Gasteiger partial charge on any atom is -0.493 e. The largest absolute Gasteiger partial charge is 0.493 e. The number of ether oxygens (including phenoxy) is 1. The van der Waals surface area contributed by atoms with Crippen LogP contribution in [0, 0.1) is 5.82 Å². The number of hydrogen-bond donors (Lipinski definition) is 1. The molecule has 0 saturated heterocycles. The molecule has 21 heavy (non-hydrogen) atoms. The molecule has 1 heterocycles. The van der Waals surface area contributed by atoms with Crippen LogP contribution in [0.4, 0.5) is 4.39 Å².